The van der Waals surface area contributed by atoms with E-state index in [1.807, 2.05) is 18.2 Å². The minimum Gasteiger partial charge on any atom is -0.385 e. The van der Waals surface area contributed by atoms with Gasteiger partial charge in [0.15, 0.2) is 5.78 Å². The smallest absolute Gasteiger partial charge is 0.268 e. The van der Waals surface area contributed by atoms with Gasteiger partial charge in [-0.1, -0.05) is 18.2 Å². The molecule has 3 rings (SSSR count). The first kappa shape index (κ1) is 18.1. The highest BCUT2D eigenvalue weighted by molar-refractivity contribution is 6.01. The number of hydrogen-bond acceptors (Lipinski definition) is 4. The predicted octanol–water partition coefficient (Wildman–Crippen LogP) is 2.12. The fraction of sp³-hybridized carbons (Fsp3) is 0.350. The number of rotatable bonds is 6. The van der Waals surface area contributed by atoms with Crippen molar-refractivity contribution >= 4 is 11.7 Å². The number of amides is 1. The van der Waals surface area contributed by atoms with Gasteiger partial charge in [0.05, 0.1) is 0 Å². The molecule has 1 aromatic carbocycles. The molecule has 0 unspecified atom stereocenters. The van der Waals surface area contributed by atoms with Crippen LogP contribution in [0.15, 0.2) is 41.2 Å². The maximum absolute atomic E-state index is 13.0. The summed E-state index contributed by atoms with van der Waals surface area (Å²) < 4.78 is 6.47. The van der Waals surface area contributed by atoms with E-state index in [0.717, 1.165) is 0 Å². The number of aromatic nitrogens is 1. The summed E-state index contributed by atoms with van der Waals surface area (Å²) in [5, 5.41) is 2.73. The molecule has 1 N–H and O–H groups in total. The fourth-order valence-electron chi connectivity index (χ4n) is 3.22. The Balaban J connectivity index is 2.06. The number of ether oxygens (including phenoxy) is 1. The van der Waals surface area contributed by atoms with Crippen LogP contribution in [0.25, 0.3) is 5.69 Å². The zero-order valence-corrected chi connectivity index (χ0v) is 14.8. The summed E-state index contributed by atoms with van der Waals surface area (Å²) >= 11 is 0. The molecule has 1 heterocycles. The predicted molar refractivity (Wildman–Crippen MR) is 98.1 cm³/mol. The number of para-hydroxylation sites is 1. The molecule has 136 valence electrons. The van der Waals surface area contributed by atoms with Crippen LogP contribution in [0.1, 0.15) is 45.7 Å². The third-order valence-electron chi connectivity index (χ3n) is 4.49. The van der Waals surface area contributed by atoms with Crippen molar-refractivity contribution in [1.82, 2.24) is 9.88 Å². The summed E-state index contributed by atoms with van der Waals surface area (Å²) in [5.74, 6) is -0.485. The topological polar surface area (TPSA) is 77.4 Å². The van der Waals surface area contributed by atoms with E-state index in [0.29, 0.717) is 55.8 Å². The summed E-state index contributed by atoms with van der Waals surface area (Å²) in [4.78, 5) is 38.0. The van der Waals surface area contributed by atoms with Gasteiger partial charge in [0, 0.05) is 43.6 Å². The lowest BCUT2D eigenvalue weighted by molar-refractivity contribution is 0.0946. The van der Waals surface area contributed by atoms with E-state index in [1.165, 1.54) is 10.6 Å². The minimum atomic E-state index is -0.461. The Kier molecular flexibility index (Phi) is 5.63. The van der Waals surface area contributed by atoms with Crippen molar-refractivity contribution in [2.45, 2.75) is 25.7 Å². The Hall–Kier alpha value is -2.73. The molecular formula is C20H22N2O4. The Morgan fingerprint density at radius 1 is 1.19 bits per heavy atom. The molecule has 26 heavy (non-hydrogen) atoms. The van der Waals surface area contributed by atoms with Gasteiger partial charge in [-0.05, 0) is 37.5 Å². The lowest BCUT2D eigenvalue weighted by Gasteiger charge is -2.21. The average molecular weight is 354 g/mol. The van der Waals surface area contributed by atoms with Gasteiger partial charge in [-0.15, -0.1) is 0 Å². The average Bonchev–Trinajstić information content (AvgIpc) is 2.65. The molecule has 0 radical (unpaired) electrons. The van der Waals surface area contributed by atoms with Crippen molar-refractivity contribution in [3.63, 3.8) is 0 Å². The third kappa shape index (κ3) is 3.60. The summed E-state index contributed by atoms with van der Waals surface area (Å²) in [6, 6.07) is 10.6. The molecule has 2 aromatic rings. The largest absolute Gasteiger partial charge is 0.385 e. The number of Topliss-reactive ketones (excluding diaryl/α,β-unsaturated/α-hetero) is 1. The summed E-state index contributed by atoms with van der Waals surface area (Å²) in [6.45, 7) is 0.930. The van der Waals surface area contributed by atoms with Gasteiger partial charge in [-0.2, -0.15) is 0 Å². The van der Waals surface area contributed by atoms with E-state index in [2.05, 4.69) is 5.32 Å². The summed E-state index contributed by atoms with van der Waals surface area (Å²) in [7, 11) is 1.59. The lowest BCUT2D eigenvalue weighted by atomic mass is 9.92. The second-order valence-electron chi connectivity index (χ2n) is 6.27. The lowest BCUT2D eigenvalue weighted by Crippen LogP contribution is -2.36. The highest BCUT2D eigenvalue weighted by atomic mass is 16.5. The molecule has 6 nitrogen and oxygen atoms in total. The van der Waals surface area contributed by atoms with Crippen molar-refractivity contribution < 1.29 is 14.3 Å². The van der Waals surface area contributed by atoms with Gasteiger partial charge < -0.3 is 10.1 Å². The number of carbonyl (C=O) groups excluding carboxylic acids is 2. The molecular weight excluding hydrogens is 332 g/mol. The zero-order chi connectivity index (χ0) is 18.5. The SMILES string of the molecule is COCCCNC(=O)c1cc2c(n(-c3ccccc3)c1=O)CCCC2=O. The second kappa shape index (κ2) is 8.10. The number of carbonyl (C=O) groups is 2. The number of pyridine rings is 1. The number of fused-ring (bicyclic) bond motifs is 1. The molecule has 1 aromatic heterocycles. The number of benzene rings is 1. The maximum Gasteiger partial charge on any atom is 0.268 e. The molecule has 1 aliphatic carbocycles. The van der Waals surface area contributed by atoms with E-state index in [4.69, 9.17) is 4.74 Å². The first-order valence-corrected chi connectivity index (χ1v) is 8.78. The molecule has 1 aliphatic rings. The molecule has 0 spiro atoms. The third-order valence-corrected chi connectivity index (χ3v) is 4.49. The first-order valence-electron chi connectivity index (χ1n) is 8.78. The molecule has 0 saturated heterocycles. The fourth-order valence-corrected chi connectivity index (χ4v) is 3.22. The standard InChI is InChI=1S/C20H22N2O4/c1-26-12-6-11-21-19(24)16-13-15-17(9-5-10-18(15)23)22(20(16)25)14-7-3-2-4-8-14/h2-4,7-8,13H,5-6,9-12H2,1H3,(H,21,24). The molecule has 0 fully saturated rings. The number of ketones is 1. The highest BCUT2D eigenvalue weighted by Gasteiger charge is 2.26. The van der Waals surface area contributed by atoms with Gasteiger partial charge in [-0.25, -0.2) is 0 Å². The van der Waals surface area contributed by atoms with Crippen LogP contribution in [0.4, 0.5) is 0 Å². The first-order chi connectivity index (χ1) is 12.6. The molecule has 6 heteroatoms. The molecule has 0 atom stereocenters. The van der Waals surface area contributed by atoms with Crippen LogP contribution in [-0.4, -0.2) is 36.5 Å². The number of methoxy groups -OCH3 is 1. The van der Waals surface area contributed by atoms with Crippen molar-refractivity contribution in [3.05, 3.63) is 63.6 Å². The second-order valence-corrected chi connectivity index (χ2v) is 6.27. The summed E-state index contributed by atoms with van der Waals surface area (Å²) in [6.07, 6.45) is 2.44. The Morgan fingerprint density at radius 3 is 2.69 bits per heavy atom. The quantitative estimate of drug-likeness (QED) is 0.806. The van der Waals surface area contributed by atoms with E-state index in [1.54, 1.807) is 19.2 Å². The van der Waals surface area contributed by atoms with Crippen molar-refractivity contribution in [1.29, 1.82) is 0 Å². The number of nitrogens with one attached hydrogen (secondary N) is 1. The molecule has 0 saturated carbocycles. The molecule has 0 aliphatic heterocycles. The van der Waals surface area contributed by atoms with Gasteiger partial charge in [0.2, 0.25) is 0 Å². The zero-order valence-electron chi connectivity index (χ0n) is 14.8. The van der Waals surface area contributed by atoms with E-state index in [-0.39, 0.29) is 11.3 Å². The van der Waals surface area contributed by atoms with Gasteiger partial charge >= 0.3 is 0 Å². The number of hydrogen-bond donors (Lipinski definition) is 1. The van der Waals surface area contributed by atoms with Crippen LogP contribution >= 0.6 is 0 Å². The van der Waals surface area contributed by atoms with E-state index >= 15 is 0 Å². The van der Waals surface area contributed by atoms with Crippen molar-refractivity contribution in [2.24, 2.45) is 0 Å². The van der Waals surface area contributed by atoms with Crippen molar-refractivity contribution in [2.75, 3.05) is 20.3 Å². The molecule has 0 bridgehead atoms. The van der Waals surface area contributed by atoms with Crippen LogP contribution in [0, 0.1) is 0 Å². The molecule has 1 amide bonds. The van der Waals surface area contributed by atoms with E-state index < -0.39 is 11.5 Å². The van der Waals surface area contributed by atoms with Crippen LogP contribution < -0.4 is 10.9 Å². The van der Waals surface area contributed by atoms with Crippen LogP contribution in [-0.2, 0) is 11.2 Å². The monoisotopic (exact) mass is 354 g/mol. The highest BCUT2D eigenvalue weighted by Crippen LogP contribution is 2.23. The van der Waals surface area contributed by atoms with Crippen molar-refractivity contribution in [3.8, 4) is 5.69 Å². The van der Waals surface area contributed by atoms with Crippen LogP contribution in [0.2, 0.25) is 0 Å². The van der Waals surface area contributed by atoms with Crippen LogP contribution in [0.5, 0.6) is 0 Å². The minimum absolute atomic E-state index is 0.000250. The Labute approximate surface area is 151 Å². The van der Waals surface area contributed by atoms with Crippen LogP contribution in [0.3, 0.4) is 0 Å². The maximum atomic E-state index is 13.0. The normalized spacial score (nSPS) is 13.3. The Bertz CT molecular complexity index is 871. The Morgan fingerprint density at radius 2 is 1.96 bits per heavy atom. The van der Waals surface area contributed by atoms with E-state index in [9.17, 15) is 14.4 Å². The van der Waals surface area contributed by atoms with Gasteiger partial charge in [0.25, 0.3) is 11.5 Å². The van der Waals surface area contributed by atoms with Gasteiger partial charge in [-0.3, -0.25) is 19.0 Å². The summed E-state index contributed by atoms with van der Waals surface area (Å²) in [5.41, 5.74) is 1.43. The number of nitrogens with zero attached hydrogens (tertiary/aromatic N) is 1. The van der Waals surface area contributed by atoms with Gasteiger partial charge in [0.1, 0.15) is 5.56 Å².